The van der Waals surface area contributed by atoms with Crippen LogP contribution in [0.3, 0.4) is 0 Å². The largest absolute Gasteiger partial charge is 0.389 e. The summed E-state index contributed by atoms with van der Waals surface area (Å²) in [5.41, 5.74) is -0.525. The lowest BCUT2D eigenvalue weighted by atomic mass is 9.88. The molecule has 0 amide bonds. The van der Waals surface area contributed by atoms with Gasteiger partial charge in [0.2, 0.25) is 0 Å². The van der Waals surface area contributed by atoms with Gasteiger partial charge in [0.15, 0.2) is 0 Å². The van der Waals surface area contributed by atoms with Crippen molar-refractivity contribution in [2.45, 2.75) is 44.8 Å². The van der Waals surface area contributed by atoms with Gasteiger partial charge in [-0.2, -0.15) is 0 Å². The second kappa shape index (κ2) is 4.82. The van der Waals surface area contributed by atoms with Gasteiger partial charge in [0.05, 0.1) is 10.6 Å². The van der Waals surface area contributed by atoms with Crippen LogP contribution in [0, 0.1) is 0 Å². The Balaban J connectivity index is 1.91. The van der Waals surface area contributed by atoms with Gasteiger partial charge in [-0.3, -0.25) is 0 Å². The standard InChI is InChI=1S/C12H20N2OS/c1-10(2)14-6-3-12(15,4-7-14)9-11-13-5-8-16-11/h5,8,10,15H,3-4,6-7,9H2,1-2H3. The Morgan fingerprint density at radius 3 is 2.69 bits per heavy atom. The number of hydrogen-bond acceptors (Lipinski definition) is 4. The average Bonchev–Trinajstić information content (AvgIpc) is 2.70. The molecule has 1 aliphatic heterocycles. The Bertz CT molecular complexity index is 316. The van der Waals surface area contributed by atoms with E-state index in [2.05, 4.69) is 23.7 Å². The van der Waals surface area contributed by atoms with Gasteiger partial charge in [0.25, 0.3) is 0 Å². The quantitative estimate of drug-likeness (QED) is 0.877. The minimum Gasteiger partial charge on any atom is -0.389 e. The Labute approximate surface area is 101 Å². The molecule has 1 saturated heterocycles. The van der Waals surface area contributed by atoms with Crippen molar-refractivity contribution in [2.24, 2.45) is 0 Å². The van der Waals surface area contributed by atoms with Crippen LogP contribution in [-0.4, -0.2) is 39.7 Å². The Kier molecular flexibility index (Phi) is 3.62. The highest BCUT2D eigenvalue weighted by Gasteiger charge is 2.33. The second-order valence-corrected chi connectivity index (χ2v) is 5.94. The first-order valence-electron chi connectivity index (χ1n) is 5.94. The molecule has 1 aromatic rings. The van der Waals surface area contributed by atoms with Crippen molar-refractivity contribution in [1.29, 1.82) is 0 Å². The van der Waals surface area contributed by atoms with Gasteiger partial charge in [-0.1, -0.05) is 0 Å². The van der Waals surface area contributed by atoms with Crippen molar-refractivity contribution in [3.63, 3.8) is 0 Å². The first kappa shape index (κ1) is 12.0. The van der Waals surface area contributed by atoms with Crippen LogP contribution >= 0.6 is 11.3 Å². The van der Waals surface area contributed by atoms with Crippen LogP contribution in [0.15, 0.2) is 11.6 Å². The molecule has 0 aromatic carbocycles. The van der Waals surface area contributed by atoms with Crippen LogP contribution in [0.25, 0.3) is 0 Å². The number of hydrogen-bond donors (Lipinski definition) is 1. The third-order valence-corrected chi connectivity index (χ3v) is 4.20. The number of aromatic nitrogens is 1. The molecule has 1 aromatic heterocycles. The molecule has 90 valence electrons. The molecule has 0 spiro atoms. The normalized spacial score (nSPS) is 21.5. The lowest BCUT2D eigenvalue weighted by Gasteiger charge is -2.39. The molecule has 0 saturated carbocycles. The summed E-state index contributed by atoms with van der Waals surface area (Å²) in [7, 11) is 0. The average molecular weight is 240 g/mol. The van der Waals surface area contributed by atoms with Gasteiger partial charge in [0, 0.05) is 37.1 Å². The molecular formula is C12H20N2OS. The predicted octanol–water partition coefficient (Wildman–Crippen LogP) is 1.92. The van der Waals surface area contributed by atoms with Crippen LogP contribution < -0.4 is 0 Å². The van der Waals surface area contributed by atoms with Gasteiger partial charge in [-0.25, -0.2) is 4.98 Å². The number of aliphatic hydroxyl groups is 1. The van der Waals surface area contributed by atoms with E-state index in [0.29, 0.717) is 6.04 Å². The molecule has 2 heterocycles. The third-order valence-electron chi connectivity index (χ3n) is 3.42. The molecule has 16 heavy (non-hydrogen) atoms. The smallest absolute Gasteiger partial charge is 0.0953 e. The summed E-state index contributed by atoms with van der Waals surface area (Å²) in [6.45, 7) is 6.43. The van der Waals surface area contributed by atoms with Crippen molar-refractivity contribution < 1.29 is 5.11 Å². The third kappa shape index (κ3) is 2.81. The minimum absolute atomic E-state index is 0.525. The summed E-state index contributed by atoms with van der Waals surface area (Å²) in [5.74, 6) is 0. The highest BCUT2D eigenvalue weighted by molar-refractivity contribution is 7.09. The van der Waals surface area contributed by atoms with Crippen LogP contribution in [-0.2, 0) is 6.42 Å². The Hall–Kier alpha value is -0.450. The van der Waals surface area contributed by atoms with Gasteiger partial charge >= 0.3 is 0 Å². The summed E-state index contributed by atoms with van der Waals surface area (Å²) in [5, 5.41) is 13.5. The first-order valence-corrected chi connectivity index (χ1v) is 6.82. The number of piperidine rings is 1. The zero-order valence-electron chi connectivity index (χ0n) is 10.0. The van der Waals surface area contributed by atoms with E-state index < -0.39 is 5.60 Å². The van der Waals surface area contributed by atoms with Gasteiger partial charge in [-0.05, 0) is 26.7 Å². The molecule has 3 nitrogen and oxygen atoms in total. The van der Waals surface area contributed by atoms with Gasteiger partial charge in [0.1, 0.15) is 0 Å². The molecule has 0 radical (unpaired) electrons. The molecule has 1 N–H and O–H groups in total. The summed E-state index contributed by atoms with van der Waals surface area (Å²) in [4.78, 5) is 6.68. The second-order valence-electron chi connectivity index (χ2n) is 4.96. The first-order chi connectivity index (χ1) is 7.59. The van der Waals surface area contributed by atoms with Crippen molar-refractivity contribution in [3.8, 4) is 0 Å². The fraction of sp³-hybridized carbons (Fsp3) is 0.750. The fourth-order valence-corrected chi connectivity index (χ4v) is 3.01. The van der Waals surface area contributed by atoms with Crippen molar-refractivity contribution in [2.75, 3.05) is 13.1 Å². The summed E-state index contributed by atoms with van der Waals surface area (Å²) in [6, 6.07) is 0.587. The van der Waals surface area contributed by atoms with Crippen LogP contribution in [0.1, 0.15) is 31.7 Å². The van der Waals surface area contributed by atoms with Gasteiger partial charge < -0.3 is 10.0 Å². The lowest BCUT2D eigenvalue weighted by Crippen LogP contribution is -2.47. The molecule has 4 heteroatoms. The van der Waals surface area contributed by atoms with E-state index in [1.165, 1.54) is 0 Å². The van der Waals surface area contributed by atoms with E-state index in [0.717, 1.165) is 37.4 Å². The van der Waals surface area contributed by atoms with E-state index in [4.69, 9.17) is 0 Å². The molecular weight excluding hydrogens is 220 g/mol. The predicted molar refractivity (Wildman–Crippen MR) is 66.7 cm³/mol. The van der Waals surface area contributed by atoms with Crippen molar-refractivity contribution in [1.82, 2.24) is 9.88 Å². The summed E-state index contributed by atoms with van der Waals surface area (Å²) < 4.78 is 0. The molecule has 0 aliphatic carbocycles. The van der Waals surface area contributed by atoms with E-state index >= 15 is 0 Å². The number of nitrogens with zero attached hydrogens (tertiary/aromatic N) is 2. The van der Waals surface area contributed by atoms with Gasteiger partial charge in [-0.15, -0.1) is 11.3 Å². The highest BCUT2D eigenvalue weighted by Crippen LogP contribution is 2.27. The maximum atomic E-state index is 10.5. The monoisotopic (exact) mass is 240 g/mol. The minimum atomic E-state index is -0.525. The van der Waals surface area contributed by atoms with Crippen molar-refractivity contribution >= 4 is 11.3 Å². The number of likely N-dealkylation sites (tertiary alicyclic amines) is 1. The molecule has 1 aliphatic rings. The molecule has 0 atom stereocenters. The highest BCUT2D eigenvalue weighted by atomic mass is 32.1. The van der Waals surface area contributed by atoms with Crippen LogP contribution in [0.4, 0.5) is 0 Å². The number of thiazole rings is 1. The Morgan fingerprint density at radius 2 is 2.19 bits per heavy atom. The zero-order valence-corrected chi connectivity index (χ0v) is 10.8. The lowest BCUT2D eigenvalue weighted by molar-refractivity contribution is -0.0271. The Morgan fingerprint density at radius 1 is 1.50 bits per heavy atom. The fourth-order valence-electron chi connectivity index (χ4n) is 2.26. The summed E-state index contributed by atoms with van der Waals surface area (Å²) >= 11 is 1.64. The van der Waals surface area contributed by atoms with Crippen molar-refractivity contribution in [3.05, 3.63) is 16.6 Å². The van der Waals surface area contributed by atoms with Crippen LogP contribution in [0.2, 0.25) is 0 Å². The van der Waals surface area contributed by atoms with E-state index in [1.54, 1.807) is 11.3 Å². The van der Waals surface area contributed by atoms with E-state index in [-0.39, 0.29) is 0 Å². The zero-order chi connectivity index (χ0) is 11.6. The topological polar surface area (TPSA) is 36.4 Å². The molecule has 2 rings (SSSR count). The van der Waals surface area contributed by atoms with Crippen LogP contribution in [0.5, 0.6) is 0 Å². The SMILES string of the molecule is CC(C)N1CCC(O)(Cc2nccs2)CC1. The number of rotatable bonds is 3. The molecule has 0 bridgehead atoms. The molecule has 0 unspecified atom stereocenters. The maximum Gasteiger partial charge on any atom is 0.0953 e. The van der Waals surface area contributed by atoms with E-state index in [1.807, 2.05) is 11.6 Å². The molecule has 1 fully saturated rings. The summed E-state index contributed by atoms with van der Waals surface area (Å²) in [6.07, 6.45) is 4.26. The maximum absolute atomic E-state index is 10.5. The van der Waals surface area contributed by atoms with E-state index in [9.17, 15) is 5.11 Å².